The Hall–Kier alpha value is -3.28. The third kappa shape index (κ3) is 5.98. The van der Waals surface area contributed by atoms with Crippen LogP contribution in [0.25, 0.3) is 0 Å². The molecule has 0 unspecified atom stereocenters. The lowest BCUT2D eigenvalue weighted by molar-refractivity contribution is -0.123. The van der Waals surface area contributed by atoms with Crippen LogP contribution in [0.15, 0.2) is 61.2 Å². The quantitative estimate of drug-likeness (QED) is 0.564. The molecular weight excluding hydrogens is 332 g/mol. The molecule has 0 atom stereocenters. The molecule has 2 aromatic rings. The van der Waals surface area contributed by atoms with Gasteiger partial charge in [-0.25, -0.2) is 0 Å². The SMILES string of the molecule is C=CCOc1ccc(C(=O)NNC(=O)COc2ccc(CC)cc2)cc1. The summed E-state index contributed by atoms with van der Waals surface area (Å²) in [6, 6.07) is 14.0. The number of amides is 2. The standard InChI is InChI=1S/C20H22N2O4/c1-3-13-25-17-11-7-16(8-12-17)20(24)22-21-19(23)14-26-18-9-5-15(4-2)6-10-18/h3,5-12H,1,4,13-14H2,2H3,(H,21,23)(H,22,24). The van der Waals surface area contributed by atoms with Crippen LogP contribution in [-0.2, 0) is 11.2 Å². The van der Waals surface area contributed by atoms with Crippen molar-refractivity contribution in [3.8, 4) is 11.5 Å². The number of hydrogen-bond donors (Lipinski definition) is 2. The second kappa shape index (κ2) is 9.88. The van der Waals surface area contributed by atoms with Crippen LogP contribution in [0.2, 0.25) is 0 Å². The van der Waals surface area contributed by atoms with E-state index in [-0.39, 0.29) is 6.61 Å². The Balaban J connectivity index is 1.75. The molecule has 6 nitrogen and oxygen atoms in total. The first kappa shape index (κ1) is 19.1. The normalized spacial score (nSPS) is 9.88. The maximum absolute atomic E-state index is 12.0. The predicted molar refractivity (Wildman–Crippen MR) is 99.1 cm³/mol. The van der Waals surface area contributed by atoms with Gasteiger partial charge in [-0.05, 0) is 48.4 Å². The molecule has 0 aliphatic rings. The van der Waals surface area contributed by atoms with E-state index in [0.717, 1.165) is 6.42 Å². The topological polar surface area (TPSA) is 76.7 Å². The summed E-state index contributed by atoms with van der Waals surface area (Å²) >= 11 is 0. The largest absolute Gasteiger partial charge is 0.490 e. The summed E-state index contributed by atoms with van der Waals surface area (Å²) in [6.07, 6.45) is 2.57. The van der Waals surface area contributed by atoms with E-state index in [2.05, 4.69) is 24.4 Å². The third-order valence-corrected chi connectivity index (χ3v) is 3.50. The number of hydrazine groups is 1. The highest BCUT2D eigenvalue weighted by molar-refractivity contribution is 5.95. The summed E-state index contributed by atoms with van der Waals surface area (Å²) in [5.41, 5.74) is 6.24. The number of benzene rings is 2. The zero-order valence-electron chi connectivity index (χ0n) is 14.7. The van der Waals surface area contributed by atoms with Gasteiger partial charge in [-0.3, -0.25) is 20.4 Å². The van der Waals surface area contributed by atoms with Gasteiger partial charge >= 0.3 is 0 Å². The molecule has 0 fully saturated rings. The minimum Gasteiger partial charge on any atom is -0.490 e. The maximum atomic E-state index is 12.0. The number of nitrogens with one attached hydrogen (secondary N) is 2. The maximum Gasteiger partial charge on any atom is 0.276 e. The zero-order chi connectivity index (χ0) is 18.8. The predicted octanol–water partition coefficient (Wildman–Crippen LogP) is 2.65. The fourth-order valence-electron chi connectivity index (χ4n) is 2.06. The molecule has 0 radical (unpaired) electrons. The van der Waals surface area contributed by atoms with Crippen LogP contribution in [0.5, 0.6) is 11.5 Å². The van der Waals surface area contributed by atoms with Gasteiger partial charge in [-0.2, -0.15) is 0 Å². The van der Waals surface area contributed by atoms with Crippen molar-refractivity contribution in [2.45, 2.75) is 13.3 Å². The van der Waals surface area contributed by atoms with E-state index in [9.17, 15) is 9.59 Å². The Morgan fingerprint density at radius 2 is 1.58 bits per heavy atom. The highest BCUT2D eigenvalue weighted by Gasteiger charge is 2.08. The average Bonchev–Trinajstić information content (AvgIpc) is 2.69. The summed E-state index contributed by atoms with van der Waals surface area (Å²) < 4.78 is 10.7. The monoisotopic (exact) mass is 354 g/mol. The van der Waals surface area contributed by atoms with E-state index in [4.69, 9.17) is 9.47 Å². The van der Waals surface area contributed by atoms with Gasteiger partial charge in [-0.15, -0.1) is 0 Å². The van der Waals surface area contributed by atoms with Crippen molar-refractivity contribution in [3.63, 3.8) is 0 Å². The van der Waals surface area contributed by atoms with Crippen molar-refractivity contribution in [2.24, 2.45) is 0 Å². The molecule has 0 bridgehead atoms. The minimum absolute atomic E-state index is 0.194. The molecule has 2 amide bonds. The van der Waals surface area contributed by atoms with Crippen LogP contribution in [-0.4, -0.2) is 25.0 Å². The van der Waals surface area contributed by atoms with Crippen LogP contribution in [0.3, 0.4) is 0 Å². The Kier molecular flexibility index (Phi) is 7.24. The highest BCUT2D eigenvalue weighted by atomic mass is 16.5. The average molecular weight is 354 g/mol. The lowest BCUT2D eigenvalue weighted by atomic mass is 10.2. The van der Waals surface area contributed by atoms with E-state index in [0.29, 0.717) is 23.7 Å². The van der Waals surface area contributed by atoms with E-state index < -0.39 is 11.8 Å². The van der Waals surface area contributed by atoms with E-state index in [1.807, 2.05) is 12.1 Å². The van der Waals surface area contributed by atoms with Gasteiger partial charge in [0.2, 0.25) is 0 Å². The van der Waals surface area contributed by atoms with Crippen molar-refractivity contribution in [3.05, 3.63) is 72.3 Å². The van der Waals surface area contributed by atoms with E-state index in [1.165, 1.54) is 5.56 Å². The number of aryl methyl sites for hydroxylation is 1. The molecular formula is C20H22N2O4. The highest BCUT2D eigenvalue weighted by Crippen LogP contribution is 2.13. The van der Waals surface area contributed by atoms with Gasteiger partial charge in [0.05, 0.1) is 0 Å². The summed E-state index contributed by atoms with van der Waals surface area (Å²) in [7, 11) is 0. The van der Waals surface area contributed by atoms with Gasteiger partial charge in [0, 0.05) is 5.56 Å². The summed E-state index contributed by atoms with van der Waals surface area (Å²) in [6.45, 7) is 5.83. The number of hydrogen-bond acceptors (Lipinski definition) is 4. The van der Waals surface area contributed by atoms with Crippen molar-refractivity contribution in [1.29, 1.82) is 0 Å². The zero-order valence-corrected chi connectivity index (χ0v) is 14.7. The lowest BCUT2D eigenvalue weighted by Gasteiger charge is -2.09. The molecule has 0 aliphatic carbocycles. The van der Waals surface area contributed by atoms with Crippen LogP contribution >= 0.6 is 0 Å². The van der Waals surface area contributed by atoms with Crippen molar-refractivity contribution >= 4 is 11.8 Å². The molecule has 26 heavy (non-hydrogen) atoms. The number of rotatable bonds is 8. The van der Waals surface area contributed by atoms with Crippen LogP contribution in [0, 0.1) is 0 Å². The minimum atomic E-state index is -0.455. The Morgan fingerprint density at radius 1 is 0.962 bits per heavy atom. The molecule has 0 saturated heterocycles. The van der Waals surface area contributed by atoms with Crippen molar-refractivity contribution in [2.75, 3.05) is 13.2 Å². The molecule has 2 rings (SSSR count). The number of carbonyl (C=O) groups is 2. The van der Waals surface area contributed by atoms with Crippen LogP contribution < -0.4 is 20.3 Å². The number of carbonyl (C=O) groups excluding carboxylic acids is 2. The Morgan fingerprint density at radius 3 is 2.19 bits per heavy atom. The summed E-state index contributed by atoms with van der Waals surface area (Å²) in [5, 5.41) is 0. The van der Waals surface area contributed by atoms with E-state index in [1.54, 1.807) is 42.5 Å². The fourth-order valence-corrected chi connectivity index (χ4v) is 2.06. The molecule has 0 spiro atoms. The summed E-state index contributed by atoms with van der Waals surface area (Å²) in [5.74, 6) is 0.344. The van der Waals surface area contributed by atoms with Crippen molar-refractivity contribution in [1.82, 2.24) is 10.9 Å². The van der Waals surface area contributed by atoms with Gasteiger partial charge in [0.25, 0.3) is 11.8 Å². The van der Waals surface area contributed by atoms with Crippen LogP contribution in [0.4, 0.5) is 0 Å². The second-order valence-electron chi connectivity index (χ2n) is 5.41. The smallest absolute Gasteiger partial charge is 0.276 e. The van der Waals surface area contributed by atoms with Gasteiger partial charge < -0.3 is 9.47 Å². The Bertz CT molecular complexity index is 739. The molecule has 0 aromatic heterocycles. The first-order valence-electron chi connectivity index (χ1n) is 8.27. The first-order valence-corrected chi connectivity index (χ1v) is 8.27. The van der Waals surface area contributed by atoms with Gasteiger partial charge in [-0.1, -0.05) is 31.7 Å². The number of ether oxygens (including phenoxy) is 2. The lowest BCUT2D eigenvalue weighted by Crippen LogP contribution is -2.43. The summed E-state index contributed by atoms with van der Waals surface area (Å²) in [4.78, 5) is 23.8. The van der Waals surface area contributed by atoms with Gasteiger partial charge in [0.1, 0.15) is 18.1 Å². The molecule has 136 valence electrons. The molecule has 6 heteroatoms. The fraction of sp³-hybridized carbons (Fsp3) is 0.200. The molecule has 0 aliphatic heterocycles. The van der Waals surface area contributed by atoms with Crippen molar-refractivity contribution < 1.29 is 19.1 Å². The molecule has 0 saturated carbocycles. The Labute approximate surface area is 152 Å². The first-order chi connectivity index (χ1) is 12.6. The third-order valence-electron chi connectivity index (χ3n) is 3.50. The molecule has 0 heterocycles. The van der Waals surface area contributed by atoms with Gasteiger partial charge in [0.15, 0.2) is 6.61 Å². The molecule has 2 N–H and O–H groups in total. The molecule has 2 aromatic carbocycles. The van der Waals surface area contributed by atoms with E-state index >= 15 is 0 Å². The second-order valence-corrected chi connectivity index (χ2v) is 5.41. The van der Waals surface area contributed by atoms with Crippen LogP contribution in [0.1, 0.15) is 22.8 Å².